The van der Waals surface area contributed by atoms with Gasteiger partial charge in [0.05, 0.1) is 18.8 Å². The fourth-order valence-corrected chi connectivity index (χ4v) is 3.04. The van der Waals surface area contributed by atoms with Crippen LogP contribution < -0.4 is 20.3 Å². The maximum atomic E-state index is 13.3. The summed E-state index contributed by atoms with van der Waals surface area (Å²) in [5.74, 6) is 0.938. The molecule has 0 radical (unpaired) electrons. The zero-order valence-electron chi connectivity index (χ0n) is 16.7. The Morgan fingerprint density at radius 2 is 2.11 bits per heavy atom. The lowest BCUT2D eigenvalue weighted by atomic mass is 10.2. The summed E-state index contributed by atoms with van der Waals surface area (Å²) >= 11 is 1.60. The van der Waals surface area contributed by atoms with Crippen LogP contribution in [0.15, 0.2) is 34.6 Å². The van der Waals surface area contributed by atoms with Gasteiger partial charge in [0.15, 0.2) is 11.1 Å². The normalized spacial score (nSPS) is 12.1. The lowest BCUT2D eigenvalue weighted by Crippen LogP contribution is -2.42. The first kappa shape index (κ1) is 24.4. The van der Waals surface area contributed by atoms with Crippen molar-refractivity contribution in [1.82, 2.24) is 15.6 Å². The molecule has 0 fully saturated rings. The molecule has 0 saturated carbocycles. The predicted molar refractivity (Wildman–Crippen MR) is 126 cm³/mol. The highest BCUT2D eigenvalue weighted by Crippen LogP contribution is 2.18. The second-order valence-electron chi connectivity index (χ2n) is 6.20. The largest absolute Gasteiger partial charge is 0.489 e. The first-order valence-electron chi connectivity index (χ1n) is 9.08. The van der Waals surface area contributed by atoms with Crippen molar-refractivity contribution in [3.63, 3.8) is 0 Å². The van der Waals surface area contributed by atoms with Gasteiger partial charge in [0.25, 0.3) is 0 Å². The zero-order chi connectivity index (χ0) is 19.6. The molecule has 0 spiro atoms. The fraction of sp³-hybridized carbons (Fsp3) is 0.474. The molecule has 1 aromatic carbocycles. The van der Waals surface area contributed by atoms with Gasteiger partial charge in [-0.25, -0.2) is 14.4 Å². The summed E-state index contributed by atoms with van der Waals surface area (Å²) in [6.07, 6.45) is 0.705. The third-order valence-electron chi connectivity index (χ3n) is 3.72. The van der Waals surface area contributed by atoms with Crippen LogP contribution in [0.25, 0.3) is 0 Å². The molecule has 1 aromatic heterocycles. The van der Waals surface area contributed by atoms with Gasteiger partial charge in [0.2, 0.25) is 0 Å². The van der Waals surface area contributed by atoms with E-state index in [1.165, 1.54) is 12.1 Å². The van der Waals surface area contributed by atoms with Gasteiger partial charge in [-0.2, -0.15) is 0 Å². The summed E-state index contributed by atoms with van der Waals surface area (Å²) in [5, 5.41) is 9.50. The van der Waals surface area contributed by atoms with Crippen LogP contribution in [-0.4, -0.2) is 44.2 Å². The average molecular weight is 521 g/mol. The standard InChI is InChI=1S/C19H28FN5OS.HI/c1-5-16(26-17-9-7-8-14(20)10-17)12-23-18(21-6-2)22-11-15-13-27-19(24-15)25(3)4;/h7-10,13,16H,5-6,11-12H2,1-4H3,(H2,21,22,23);1H. The van der Waals surface area contributed by atoms with Crippen LogP contribution in [-0.2, 0) is 6.54 Å². The minimum absolute atomic E-state index is 0. The van der Waals surface area contributed by atoms with Gasteiger partial charge in [-0.15, -0.1) is 35.3 Å². The van der Waals surface area contributed by atoms with Crippen molar-refractivity contribution in [3.8, 4) is 5.75 Å². The highest BCUT2D eigenvalue weighted by Gasteiger charge is 2.10. The maximum absolute atomic E-state index is 13.3. The summed E-state index contributed by atoms with van der Waals surface area (Å²) in [6.45, 7) is 5.88. The van der Waals surface area contributed by atoms with E-state index in [-0.39, 0.29) is 35.9 Å². The number of anilines is 1. The second-order valence-corrected chi connectivity index (χ2v) is 7.03. The number of hydrogen-bond donors (Lipinski definition) is 2. The number of nitrogens with one attached hydrogen (secondary N) is 2. The van der Waals surface area contributed by atoms with Crippen molar-refractivity contribution in [3.05, 3.63) is 41.2 Å². The number of aliphatic imine (C=N–C) groups is 1. The van der Waals surface area contributed by atoms with Gasteiger partial charge in [0, 0.05) is 32.1 Å². The molecule has 0 aliphatic rings. The van der Waals surface area contributed by atoms with Crippen LogP contribution >= 0.6 is 35.3 Å². The van der Waals surface area contributed by atoms with Crippen LogP contribution in [0.1, 0.15) is 26.0 Å². The highest BCUT2D eigenvalue weighted by molar-refractivity contribution is 14.0. The molecule has 1 unspecified atom stereocenters. The molecule has 28 heavy (non-hydrogen) atoms. The minimum atomic E-state index is -0.300. The zero-order valence-corrected chi connectivity index (χ0v) is 19.9. The fourth-order valence-electron chi connectivity index (χ4n) is 2.29. The van der Waals surface area contributed by atoms with E-state index in [9.17, 15) is 4.39 Å². The van der Waals surface area contributed by atoms with Crippen molar-refractivity contribution in [2.75, 3.05) is 32.1 Å². The Bertz CT molecular complexity index is 741. The second kappa shape index (κ2) is 12.8. The Balaban J connectivity index is 0.00000392. The molecule has 2 N–H and O–H groups in total. The third-order valence-corrected chi connectivity index (χ3v) is 4.77. The SMILES string of the molecule is CCNC(=NCc1csc(N(C)C)n1)NCC(CC)Oc1cccc(F)c1.I. The lowest BCUT2D eigenvalue weighted by molar-refractivity contribution is 0.198. The van der Waals surface area contributed by atoms with E-state index in [1.807, 2.05) is 38.2 Å². The van der Waals surface area contributed by atoms with Crippen LogP contribution in [0, 0.1) is 5.82 Å². The van der Waals surface area contributed by atoms with Crippen molar-refractivity contribution in [1.29, 1.82) is 0 Å². The van der Waals surface area contributed by atoms with Gasteiger partial charge in [0.1, 0.15) is 17.7 Å². The number of thiazole rings is 1. The van der Waals surface area contributed by atoms with Gasteiger partial charge in [-0.05, 0) is 25.5 Å². The Morgan fingerprint density at radius 3 is 2.71 bits per heavy atom. The molecule has 9 heteroatoms. The summed E-state index contributed by atoms with van der Waals surface area (Å²) < 4.78 is 19.2. The van der Waals surface area contributed by atoms with Crippen LogP contribution in [0.2, 0.25) is 0 Å². The number of guanidine groups is 1. The molecule has 1 atom stereocenters. The van der Waals surface area contributed by atoms with E-state index < -0.39 is 0 Å². The number of rotatable bonds is 9. The molecular formula is C19H29FIN5OS. The number of nitrogens with zero attached hydrogens (tertiary/aromatic N) is 3. The molecule has 0 bridgehead atoms. The van der Waals surface area contributed by atoms with Crippen LogP contribution in [0.4, 0.5) is 9.52 Å². The van der Waals surface area contributed by atoms with Gasteiger partial charge in [-0.3, -0.25) is 0 Å². The van der Waals surface area contributed by atoms with Crippen molar-refractivity contribution < 1.29 is 9.13 Å². The van der Waals surface area contributed by atoms with Crippen LogP contribution in [0.3, 0.4) is 0 Å². The number of hydrogen-bond acceptors (Lipinski definition) is 5. The average Bonchev–Trinajstić information content (AvgIpc) is 3.12. The Kier molecular flexibility index (Phi) is 11.1. The molecule has 2 rings (SSSR count). The summed E-state index contributed by atoms with van der Waals surface area (Å²) in [7, 11) is 3.95. The molecule has 0 amide bonds. The van der Waals surface area contributed by atoms with Crippen LogP contribution in [0.5, 0.6) is 5.75 Å². The van der Waals surface area contributed by atoms with Gasteiger partial charge >= 0.3 is 0 Å². The molecular weight excluding hydrogens is 492 g/mol. The topological polar surface area (TPSA) is 61.8 Å². The quantitative estimate of drug-likeness (QED) is 0.298. The Hall–Kier alpha value is -1.62. The number of halogens is 2. The summed E-state index contributed by atoms with van der Waals surface area (Å²) in [4.78, 5) is 11.1. The monoisotopic (exact) mass is 521 g/mol. The van der Waals surface area contributed by atoms with Gasteiger partial charge in [-0.1, -0.05) is 13.0 Å². The molecule has 0 saturated heterocycles. The molecule has 2 aromatic rings. The molecule has 156 valence electrons. The lowest BCUT2D eigenvalue weighted by Gasteiger charge is -2.20. The van der Waals surface area contributed by atoms with E-state index in [0.717, 1.165) is 23.8 Å². The Morgan fingerprint density at radius 1 is 1.32 bits per heavy atom. The van der Waals surface area contributed by atoms with Gasteiger partial charge < -0.3 is 20.3 Å². The van der Waals surface area contributed by atoms with E-state index >= 15 is 0 Å². The number of benzene rings is 1. The van der Waals surface area contributed by atoms with Crippen molar-refractivity contribution >= 4 is 46.4 Å². The predicted octanol–water partition coefficient (Wildman–Crippen LogP) is 3.88. The Labute approximate surface area is 187 Å². The third kappa shape index (κ3) is 8.17. The summed E-state index contributed by atoms with van der Waals surface area (Å²) in [6, 6.07) is 6.20. The number of ether oxygens (including phenoxy) is 1. The minimum Gasteiger partial charge on any atom is -0.489 e. The molecule has 0 aliphatic carbocycles. The first-order valence-corrected chi connectivity index (χ1v) is 9.95. The highest BCUT2D eigenvalue weighted by atomic mass is 127. The molecule has 1 heterocycles. The van der Waals surface area contributed by atoms with E-state index in [2.05, 4.69) is 20.6 Å². The first-order chi connectivity index (χ1) is 13.0. The maximum Gasteiger partial charge on any atom is 0.191 e. The van der Waals surface area contributed by atoms with Crippen molar-refractivity contribution in [2.45, 2.75) is 32.9 Å². The van der Waals surface area contributed by atoms with E-state index in [4.69, 9.17) is 4.74 Å². The smallest absolute Gasteiger partial charge is 0.191 e. The van der Waals surface area contributed by atoms with E-state index in [1.54, 1.807) is 23.5 Å². The summed E-state index contributed by atoms with van der Waals surface area (Å²) in [5.41, 5.74) is 0.934. The molecule has 6 nitrogen and oxygen atoms in total. The van der Waals surface area contributed by atoms with Crippen molar-refractivity contribution in [2.24, 2.45) is 4.99 Å². The molecule has 0 aliphatic heterocycles. The van der Waals surface area contributed by atoms with E-state index in [0.29, 0.717) is 24.8 Å². The number of aromatic nitrogens is 1.